The van der Waals surface area contributed by atoms with Crippen molar-refractivity contribution in [3.8, 4) is 22.0 Å². The minimum absolute atomic E-state index is 0.104. The van der Waals surface area contributed by atoms with E-state index in [1.54, 1.807) is 23.1 Å². The van der Waals surface area contributed by atoms with Crippen molar-refractivity contribution in [2.24, 2.45) is 0 Å². The number of amides is 1. The monoisotopic (exact) mass is 410 g/mol. The van der Waals surface area contributed by atoms with Crippen molar-refractivity contribution < 1.29 is 9.53 Å². The predicted molar refractivity (Wildman–Crippen MR) is 116 cm³/mol. The lowest BCUT2D eigenvalue weighted by atomic mass is 10.1. The lowest BCUT2D eigenvalue weighted by Gasteiger charge is -2.26. The fourth-order valence-corrected chi connectivity index (χ4v) is 4.29. The minimum Gasteiger partial charge on any atom is -0.497 e. The molecule has 0 unspecified atom stereocenters. The number of carbonyl (C=O) groups excluding carboxylic acids is 1. The number of carbonyl (C=O) groups is 1. The smallest absolute Gasteiger partial charge is 0.270 e. The molecule has 1 aliphatic heterocycles. The fraction of sp³-hybridized carbons (Fsp3) is 0.364. The molecular weight excluding hydrogens is 384 g/mol. The quantitative estimate of drug-likeness (QED) is 0.643. The van der Waals surface area contributed by atoms with Crippen molar-refractivity contribution in [1.82, 2.24) is 20.0 Å². The summed E-state index contributed by atoms with van der Waals surface area (Å²) in [5, 5.41) is 9.80. The van der Waals surface area contributed by atoms with Crippen LogP contribution in [0.5, 0.6) is 5.75 Å². The first-order valence-electron chi connectivity index (χ1n) is 10.0. The van der Waals surface area contributed by atoms with Crippen LogP contribution in [-0.2, 0) is 0 Å². The van der Waals surface area contributed by atoms with Crippen molar-refractivity contribution in [2.75, 3.05) is 33.3 Å². The van der Waals surface area contributed by atoms with E-state index < -0.39 is 0 Å². The maximum Gasteiger partial charge on any atom is 0.270 e. The Morgan fingerprint density at radius 2 is 1.97 bits per heavy atom. The molecule has 29 heavy (non-hydrogen) atoms. The van der Waals surface area contributed by atoms with Gasteiger partial charge in [-0.15, -0.1) is 11.3 Å². The first-order chi connectivity index (χ1) is 14.2. The predicted octanol–water partition coefficient (Wildman–Crippen LogP) is 3.83. The van der Waals surface area contributed by atoms with E-state index in [9.17, 15) is 4.79 Å². The summed E-state index contributed by atoms with van der Waals surface area (Å²) < 4.78 is 6.96. The standard InChI is InChI=1S/C22H26N4O2S/c1-28-18-9-7-17(8-10-18)26-20(16-19(24-26)21-6-5-15-29-21)22(27)23-11-14-25-12-3-2-4-13-25/h5-10,15-16H,2-4,11-14H2,1H3,(H,23,27). The Morgan fingerprint density at radius 3 is 2.66 bits per heavy atom. The van der Waals surface area contributed by atoms with Gasteiger partial charge in [-0.1, -0.05) is 12.5 Å². The lowest BCUT2D eigenvalue weighted by Crippen LogP contribution is -2.38. The van der Waals surface area contributed by atoms with Gasteiger partial charge in [0.25, 0.3) is 5.91 Å². The lowest BCUT2D eigenvalue weighted by molar-refractivity contribution is 0.0939. The number of hydrogen-bond acceptors (Lipinski definition) is 5. The minimum atomic E-state index is -0.104. The van der Waals surface area contributed by atoms with Gasteiger partial charge in [-0.2, -0.15) is 5.10 Å². The third-order valence-electron chi connectivity index (χ3n) is 5.19. The molecule has 7 heteroatoms. The highest BCUT2D eigenvalue weighted by Crippen LogP contribution is 2.26. The third-order valence-corrected chi connectivity index (χ3v) is 6.09. The zero-order chi connectivity index (χ0) is 20.1. The number of benzene rings is 1. The Hall–Kier alpha value is -2.64. The third kappa shape index (κ3) is 4.68. The Morgan fingerprint density at radius 1 is 1.17 bits per heavy atom. The number of ether oxygens (including phenoxy) is 1. The Labute approximate surface area is 175 Å². The van der Waals surface area contributed by atoms with Crippen LogP contribution in [0.15, 0.2) is 47.8 Å². The van der Waals surface area contributed by atoms with Gasteiger partial charge < -0.3 is 15.0 Å². The van der Waals surface area contributed by atoms with Crippen LogP contribution in [0.25, 0.3) is 16.3 Å². The van der Waals surface area contributed by atoms with Crippen LogP contribution in [0.3, 0.4) is 0 Å². The number of likely N-dealkylation sites (tertiary alicyclic amines) is 1. The normalized spacial score (nSPS) is 14.7. The molecule has 3 heterocycles. The number of nitrogens with zero attached hydrogens (tertiary/aromatic N) is 3. The molecule has 0 bridgehead atoms. The fourth-order valence-electron chi connectivity index (χ4n) is 3.61. The first kappa shape index (κ1) is 19.7. The highest BCUT2D eigenvalue weighted by atomic mass is 32.1. The van der Waals surface area contributed by atoms with Crippen molar-refractivity contribution in [2.45, 2.75) is 19.3 Å². The van der Waals surface area contributed by atoms with Gasteiger partial charge in [0.2, 0.25) is 0 Å². The Kier molecular flexibility index (Phi) is 6.27. The summed E-state index contributed by atoms with van der Waals surface area (Å²) in [6.07, 6.45) is 3.82. The molecule has 4 rings (SSSR count). The van der Waals surface area contributed by atoms with Gasteiger partial charge in [0.15, 0.2) is 0 Å². The summed E-state index contributed by atoms with van der Waals surface area (Å²) in [5.74, 6) is 0.667. The van der Waals surface area contributed by atoms with Crippen molar-refractivity contribution in [1.29, 1.82) is 0 Å². The van der Waals surface area contributed by atoms with Crippen LogP contribution in [0.1, 0.15) is 29.8 Å². The second-order valence-electron chi connectivity index (χ2n) is 7.16. The molecule has 152 valence electrons. The van der Waals surface area contributed by atoms with Crippen LogP contribution in [0.2, 0.25) is 0 Å². The summed E-state index contributed by atoms with van der Waals surface area (Å²) in [6, 6.07) is 13.4. The van der Waals surface area contributed by atoms with E-state index >= 15 is 0 Å². The molecule has 1 saturated heterocycles. The largest absolute Gasteiger partial charge is 0.497 e. The van der Waals surface area contributed by atoms with Crippen LogP contribution in [0.4, 0.5) is 0 Å². The molecule has 1 N–H and O–H groups in total. The van der Waals surface area contributed by atoms with E-state index in [4.69, 9.17) is 9.84 Å². The molecule has 1 fully saturated rings. The van der Waals surface area contributed by atoms with Crippen LogP contribution in [-0.4, -0.2) is 53.9 Å². The average molecular weight is 411 g/mol. The Balaban J connectivity index is 1.54. The summed E-state index contributed by atoms with van der Waals surface area (Å²) in [5.41, 5.74) is 2.17. The molecule has 3 aromatic rings. The molecule has 1 amide bonds. The molecule has 0 spiro atoms. The van der Waals surface area contributed by atoms with Crippen molar-refractivity contribution in [3.63, 3.8) is 0 Å². The molecule has 6 nitrogen and oxygen atoms in total. The van der Waals surface area contributed by atoms with E-state index in [2.05, 4.69) is 10.2 Å². The van der Waals surface area contributed by atoms with E-state index in [0.717, 1.165) is 41.6 Å². The van der Waals surface area contributed by atoms with E-state index in [-0.39, 0.29) is 5.91 Å². The second-order valence-corrected chi connectivity index (χ2v) is 8.11. The SMILES string of the molecule is COc1ccc(-n2nc(-c3cccs3)cc2C(=O)NCCN2CCCCC2)cc1. The van der Waals surface area contributed by atoms with Gasteiger partial charge in [-0.25, -0.2) is 4.68 Å². The maximum absolute atomic E-state index is 13.0. The number of nitrogens with one attached hydrogen (secondary N) is 1. The maximum atomic E-state index is 13.0. The van der Waals surface area contributed by atoms with Gasteiger partial charge in [0.1, 0.15) is 17.1 Å². The van der Waals surface area contributed by atoms with Crippen molar-refractivity contribution in [3.05, 3.63) is 53.5 Å². The zero-order valence-corrected chi connectivity index (χ0v) is 17.5. The van der Waals surface area contributed by atoms with Crippen LogP contribution >= 0.6 is 11.3 Å². The topological polar surface area (TPSA) is 59.4 Å². The summed E-state index contributed by atoms with van der Waals surface area (Å²) in [4.78, 5) is 16.4. The number of rotatable bonds is 7. The molecule has 0 saturated carbocycles. The molecule has 0 aliphatic carbocycles. The average Bonchev–Trinajstić information content (AvgIpc) is 3.44. The first-order valence-corrected chi connectivity index (χ1v) is 10.9. The van der Waals surface area contributed by atoms with Crippen molar-refractivity contribution >= 4 is 17.2 Å². The number of aromatic nitrogens is 2. The molecule has 0 atom stereocenters. The van der Waals surface area contributed by atoms with Crippen LogP contribution in [0, 0.1) is 0 Å². The number of methoxy groups -OCH3 is 1. The highest BCUT2D eigenvalue weighted by molar-refractivity contribution is 7.13. The van der Waals surface area contributed by atoms with Crippen LogP contribution < -0.4 is 10.1 Å². The molecule has 2 aromatic heterocycles. The summed E-state index contributed by atoms with van der Waals surface area (Å²) in [6.45, 7) is 3.78. The molecule has 0 radical (unpaired) electrons. The summed E-state index contributed by atoms with van der Waals surface area (Å²) in [7, 11) is 1.64. The highest BCUT2D eigenvalue weighted by Gasteiger charge is 2.18. The Bertz CT molecular complexity index is 928. The molecule has 1 aliphatic rings. The van der Waals surface area contributed by atoms with Gasteiger partial charge in [-0.05, 0) is 67.7 Å². The van der Waals surface area contributed by atoms with Gasteiger partial charge >= 0.3 is 0 Å². The number of hydrogen-bond donors (Lipinski definition) is 1. The molecular formula is C22H26N4O2S. The van der Waals surface area contributed by atoms with E-state index in [1.807, 2.05) is 47.8 Å². The van der Waals surface area contributed by atoms with Gasteiger partial charge in [0, 0.05) is 13.1 Å². The number of thiophene rings is 1. The second kappa shape index (κ2) is 9.24. The zero-order valence-electron chi connectivity index (χ0n) is 16.6. The van der Waals surface area contributed by atoms with Gasteiger partial charge in [0.05, 0.1) is 17.7 Å². The van der Waals surface area contributed by atoms with Gasteiger partial charge in [-0.3, -0.25) is 4.79 Å². The number of piperidine rings is 1. The molecule has 1 aromatic carbocycles. The van der Waals surface area contributed by atoms with E-state index in [1.165, 1.54) is 19.3 Å². The van der Waals surface area contributed by atoms with E-state index in [0.29, 0.717) is 12.2 Å². The summed E-state index contributed by atoms with van der Waals surface area (Å²) >= 11 is 1.61.